The van der Waals surface area contributed by atoms with Crippen LogP contribution in [0.2, 0.25) is 0 Å². The Bertz CT molecular complexity index is 837. The summed E-state index contributed by atoms with van der Waals surface area (Å²) in [6, 6.07) is 3.92. The lowest BCUT2D eigenvalue weighted by molar-refractivity contribution is 0.473. The van der Waals surface area contributed by atoms with Gasteiger partial charge in [0.1, 0.15) is 0 Å². The Morgan fingerprint density at radius 3 is 2.72 bits per heavy atom. The maximum Gasteiger partial charge on any atom is 0.227 e. The summed E-state index contributed by atoms with van der Waals surface area (Å²) in [4.78, 5) is 11.0. The van der Waals surface area contributed by atoms with Crippen molar-refractivity contribution in [2.75, 3.05) is 18.0 Å². The molecule has 130 valence electrons. The van der Waals surface area contributed by atoms with Crippen LogP contribution in [0.25, 0.3) is 11.6 Å². The van der Waals surface area contributed by atoms with E-state index in [4.69, 9.17) is 0 Å². The van der Waals surface area contributed by atoms with Crippen LogP contribution in [-0.2, 0) is 13.6 Å². The molecule has 0 saturated carbocycles. The summed E-state index contributed by atoms with van der Waals surface area (Å²) in [5.41, 5.74) is 1.28. The Hall–Kier alpha value is -2.77. The highest BCUT2D eigenvalue weighted by molar-refractivity contribution is 5.48. The predicted molar refractivity (Wildman–Crippen MR) is 94.1 cm³/mol. The van der Waals surface area contributed by atoms with Crippen molar-refractivity contribution < 1.29 is 0 Å². The molecule has 4 heterocycles. The molecule has 3 aromatic rings. The van der Waals surface area contributed by atoms with Gasteiger partial charge in [0.05, 0.1) is 0 Å². The number of piperidine rings is 1. The maximum absolute atomic E-state index is 4.46. The highest BCUT2D eigenvalue weighted by Crippen LogP contribution is 2.30. The van der Waals surface area contributed by atoms with Crippen LogP contribution in [0.3, 0.4) is 0 Å². The van der Waals surface area contributed by atoms with Crippen molar-refractivity contribution in [1.82, 2.24) is 34.5 Å². The second-order valence-electron chi connectivity index (χ2n) is 6.31. The number of anilines is 1. The minimum absolute atomic E-state index is 0.458. The van der Waals surface area contributed by atoms with E-state index in [9.17, 15) is 0 Å². The molecule has 0 radical (unpaired) electrons. The minimum atomic E-state index is 0.458. The van der Waals surface area contributed by atoms with Gasteiger partial charge in [0.15, 0.2) is 5.82 Å². The van der Waals surface area contributed by atoms with Gasteiger partial charge in [-0.25, -0.2) is 9.97 Å². The summed E-state index contributed by atoms with van der Waals surface area (Å²) in [5, 5.41) is 13.1. The zero-order chi connectivity index (χ0) is 17.2. The summed E-state index contributed by atoms with van der Waals surface area (Å²) in [7, 11) is 2.01. The van der Waals surface area contributed by atoms with Gasteiger partial charge in [-0.1, -0.05) is 0 Å². The second-order valence-corrected chi connectivity index (χ2v) is 6.31. The van der Waals surface area contributed by atoms with Crippen molar-refractivity contribution in [3.8, 4) is 11.6 Å². The first kappa shape index (κ1) is 15.7. The molecule has 4 rings (SSSR count). The molecular weight excluding hydrogens is 316 g/mol. The van der Waals surface area contributed by atoms with Gasteiger partial charge in [0, 0.05) is 56.9 Å². The molecule has 3 aromatic heterocycles. The molecule has 0 spiro atoms. The molecule has 0 aliphatic carbocycles. The molecule has 1 fully saturated rings. The third-order valence-corrected chi connectivity index (χ3v) is 4.79. The second kappa shape index (κ2) is 6.62. The van der Waals surface area contributed by atoms with Gasteiger partial charge in [-0.05, 0) is 31.9 Å². The minimum Gasteiger partial charge on any atom is -0.340 e. The zero-order valence-corrected chi connectivity index (χ0v) is 14.6. The standard InChI is InChI=1S/C17H22N8/c1-3-25-16(15-18-8-5-9-19-15)21-22-17(25)24-11-4-6-13(12-24)14-7-10-20-23(14)2/h5,7-10,13H,3-4,6,11-12H2,1-2H3. The summed E-state index contributed by atoms with van der Waals surface area (Å²) >= 11 is 0. The third-order valence-electron chi connectivity index (χ3n) is 4.79. The van der Waals surface area contributed by atoms with Gasteiger partial charge in [0.25, 0.3) is 0 Å². The predicted octanol–water partition coefficient (Wildman–Crippen LogP) is 1.87. The fraction of sp³-hybridized carbons (Fsp3) is 0.471. The van der Waals surface area contributed by atoms with E-state index >= 15 is 0 Å². The molecule has 1 saturated heterocycles. The Balaban J connectivity index is 1.63. The largest absolute Gasteiger partial charge is 0.340 e. The van der Waals surface area contributed by atoms with Crippen molar-refractivity contribution in [3.05, 3.63) is 36.4 Å². The van der Waals surface area contributed by atoms with Gasteiger partial charge in [-0.15, -0.1) is 10.2 Å². The van der Waals surface area contributed by atoms with Crippen LogP contribution in [0.15, 0.2) is 30.7 Å². The molecule has 1 atom stereocenters. The normalized spacial score (nSPS) is 17.8. The molecule has 0 amide bonds. The number of aromatic nitrogens is 7. The summed E-state index contributed by atoms with van der Waals surface area (Å²) < 4.78 is 4.07. The van der Waals surface area contributed by atoms with E-state index in [1.54, 1.807) is 18.5 Å². The lowest BCUT2D eigenvalue weighted by Gasteiger charge is -2.33. The van der Waals surface area contributed by atoms with Gasteiger partial charge >= 0.3 is 0 Å². The zero-order valence-electron chi connectivity index (χ0n) is 14.6. The Morgan fingerprint density at radius 1 is 1.16 bits per heavy atom. The molecule has 1 unspecified atom stereocenters. The molecule has 8 heteroatoms. The van der Waals surface area contributed by atoms with E-state index in [2.05, 4.69) is 47.7 Å². The van der Waals surface area contributed by atoms with Crippen LogP contribution in [0.5, 0.6) is 0 Å². The van der Waals surface area contributed by atoms with Gasteiger partial charge < -0.3 is 4.90 Å². The first-order chi connectivity index (χ1) is 12.3. The first-order valence-corrected chi connectivity index (χ1v) is 8.71. The van der Waals surface area contributed by atoms with E-state index in [0.717, 1.165) is 37.8 Å². The van der Waals surface area contributed by atoms with E-state index in [-0.39, 0.29) is 0 Å². The number of nitrogens with zero attached hydrogens (tertiary/aromatic N) is 8. The van der Waals surface area contributed by atoms with Crippen LogP contribution >= 0.6 is 0 Å². The van der Waals surface area contributed by atoms with E-state index < -0.39 is 0 Å². The Labute approximate surface area is 146 Å². The molecule has 25 heavy (non-hydrogen) atoms. The van der Waals surface area contributed by atoms with Crippen molar-refractivity contribution >= 4 is 5.95 Å². The number of aryl methyl sites for hydroxylation is 1. The van der Waals surface area contributed by atoms with Crippen LogP contribution in [0.1, 0.15) is 31.4 Å². The van der Waals surface area contributed by atoms with Crippen LogP contribution in [-0.4, -0.2) is 47.6 Å². The Morgan fingerprint density at radius 2 is 2.00 bits per heavy atom. The average Bonchev–Trinajstić information content (AvgIpc) is 3.28. The maximum atomic E-state index is 4.46. The summed E-state index contributed by atoms with van der Waals surface area (Å²) in [6.07, 6.45) is 7.63. The first-order valence-electron chi connectivity index (χ1n) is 8.71. The SMILES string of the molecule is CCn1c(-c2ncccn2)nnc1N1CCCC(c2ccnn2C)C1. The highest BCUT2D eigenvalue weighted by Gasteiger charge is 2.27. The van der Waals surface area contributed by atoms with Gasteiger partial charge in [-0.3, -0.25) is 9.25 Å². The van der Waals surface area contributed by atoms with Gasteiger partial charge in [-0.2, -0.15) is 5.10 Å². The van der Waals surface area contributed by atoms with E-state index in [0.29, 0.717) is 11.7 Å². The van der Waals surface area contributed by atoms with Crippen molar-refractivity contribution in [2.24, 2.45) is 7.05 Å². The molecule has 8 nitrogen and oxygen atoms in total. The van der Waals surface area contributed by atoms with E-state index in [1.807, 2.05) is 17.9 Å². The van der Waals surface area contributed by atoms with Crippen molar-refractivity contribution in [2.45, 2.75) is 32.2 Å². The van der Waals surface area contributed by atoms with Crippen molar-refractivity contribution in [3.63, 3.8) is 0 Å². The average molecular weight is 338 g/mol. The molecular formula is C17H22N8. The van der Waals surface area contributed by atoms with Crippen molar-refractivity contribution in [1.29, 1.82) is 0 Å². The number of rotatable bonds is 4. The lowest BCUT2D eigenvalue weighted by atomic mass is 9.95. The summed E-state index contributed by atoms with van der Waals surface area (Å²) in [6.45, 7) is 4.79. The quantitative estimate of drug-likeness (QED) is 0.723. The fourth-order valence-electron chi connectivity index (χ4n) is 3.58. The molecule has 0 N–H and O–H groups in total. The molecule has 0 aromatic carbocycles. The third kappa shape index (κ3) is 2.88. The lowest BCUT2D eigenvalue weighted by Crippen LogP contribution is -2.36. The molecule has 1 aliphatic heterocycles. The Kier molecular flexibility index (Phi) is 4.17. The van der Waals surface area contributed by atoms with E-state index in [1.165, 1.54) is 12.1 Å². The smallest absolute Gasteiger partial charge is 0.227 e. The number of hydrogen-bond acceptors (Lipinski definition) is 6. The van der Waals surface area contributed by atoms with Crippen LogP contribution < -0.4 is 4.90 Å². The topological polar surface area (TPSA) is 77.6 Å². The van der Waals surface area contributed by atoms with Crippen LogP contribution in [0, 0.1) is 0 Å². The van der Waals surface area contributed by atoms with Gasteiger partial charge in [0.2, 0.25) is 11.8 Å². The fourth-order valence-corrected chi connectivity index (χ4v) is 3.58. The highest BCUT2D eigenvalue weighted by atomic mass is 15.4. The number of hydrogen-bond donors (Lipinski definition) is 0. The molecule has 0 bridgehead atoms. The molecule has 1 aliphatic rings. The summed E-state index contributed by atoms with van der Waals surface area (Å²) in [5.74, 6) is 2.69. The monoisotopic (exact) mass is 338 g/mol. The van der Waals surface area contributed by atoms with Crippen LogP contribution in [0.4, 0.5) is 5.95 Å².